The Morgan fingerprint density at radius 2 is 1.46 bits per heavy atom. The molecule has 0 saturated heterocycles. The number of methoxy groups -OCH3 is 1. The summed E-state index contributed by atoms with van der Waals surface area (Å²) in [7, 11) is 1.57. The lowest BCUT2D eigenvalue weighted by molar-refractivity contribution is -0.114. The van der Waals surface area contributed by atoms with Gasteiger partial charge in [-0.2, -0.15) is 0 Å². The number of hydrogen-bond acceptors (Lipinski definition) is 5. The summed E-state index contributed by atoms with van der Waals surface area (Å²) < 4.78 is 5.18. The van der Waals surface area contributed by atoms with Crippen LogP contribution in [0.25, 0.3) is 6.08 Å². The Kier molecular flexibility index (Phi) is 9.52. The molecule has 0 radical (unpaired) electrons. The molecule has 196 valence electrons. The molecule has 39 heavy (non-hydrogen) atoms. The van der Waals surface area contributed by atoms with Gasteiger partial charge in [0.05, 0.1) is 12.9 Å². The van der Waals surface area contributed by atoms with E-state index in [1.165, 1.54) is 11.8 Å². The minimum atomic E-state index is -0.457. The monoisotopic (exact) mass is 537 g/mol. The molecule has 4 aromatic rings. The smallest absolute Gasteiger partial charge is 0.272 e. The number of nitrogens with one attached hydrogen (secondary N) is 3. The van der Waals surface area contributed by atoms with E-state index in [-0.39, 0.29) is 23.3 Å². The number of rotatable bonds is 10. The fraction of sp³-hybridized carbons (Fsp3) is 0.0645. The fourth-order valence-electron chi connectivity index (χ4n) is 3.54. The predicted molar refractivity (Wildman–Crippen MR) is 156 cm³/mol. The maximum absolute atomic E-state index is 13.1. The highest BCUT2D eigenvalue weighted by atomic mass is 32.2. The topological polar surface area (TPSA) is 96.5 Å². The highest BCUT2D eigenvalue weighted by Crippen LogP contribution is 2.22. The zero-order valence-electron chi connectivity index (χ0n) is 21.2. The molecule has 0 aliphatic heterocycles. The Balaban J connectivity index is 1.37. The first-order valence-corrected chi connectivity index (χ1v) is 13.1. The lowest BCUT2D eigenvalue weighted by atomic mass is 10.1. The summed E-state index contributed by atoms with van der Waals surface area (Å²) in [5.41, 5.74) is 2.55. The van der Waals surface area contributed by atoms with Crippen LogP contribution in [0.1, 0.15) is 15.9 Å². The third kappa shape index (κ3) is 8.34. The van der Waals surface area contributed by atoms with Crippen molar-refractivity contribution < 1.29 is 19.1 Å². The third-order valence-electron chi connectivity index (χ3n) is 5.47. The lowest BCUT2D eigenvalue weighted by Gasteiger charge is -2.12. The summed E-state index contributed by atoms with van der Waals surface area (Å²) >= 11 is 1.38. The van der Waals surface area contributed by atoms with Gasteiger partial charge < -0.3 is 20.7 Å². The van der Waals surface area contributed by atoms with Crippen LogP contribution in [-0.4, -0.2) is 30.6 Å². The van der Waals surface area contributed by atoms with Crippen molar-refractivity contribution in [1.82, 2.24) is 5.32 Å². The molecule has 0 fully saturated rings. The number of ether oxygens (including phenoxy) is 1. The van der Waals surface area contributed by atoms with Crippen LogP contribution in [-0.2, 0) is 9.59 Å². The number of thioether (sulfide) groups is 1. The lowest BCUT2D eigenvalue weighted by Crippen LogP contribution is -2.30. The summed E-state index contributed by atoms with van der Waals surface area (Å²) in [5, 5.41) is 8.41. The molecule has 3 N–H and O–H groups in total. The molecule has 7 nitrogen and oxygen atoms in total. The second-order valence-corrected chi connectivity index (χ2v) is 9.38. The zero-order chi connectivity index (χ0) is 27.5. The molecule has 0 heterocycles. The van der Waals surface area contributed by atoms with Gasteiger partial charge in [0.15, 0.2) is 0 Å². The van der Waals surface area contributed by atoms with E-state index in [4.69, 9.17) is 4.74 Å². The molecular formula is C31H27N3O4S. The summed E-state index contributed by atoms with van der Waals surface area (Å²) in [6.07, 6.45) is 1.63. The average molecular weight is 538 g/mol. The Bertz CT molecular complexity index is 1460. The van der Waals surface area contributed by atoms with E-state index in [0.29, 0.717) is 22.7 Å². The molecule has 0 bridgehead atoms. The van der Waals surface area contributed by atoms with Gasteiger partial charge in [0, 0.05) is 27.9 Å². The SMILES string of the molecule is COc1cccc(NC(=O)CSc2ccc(NC(=O)/C(=C/c3ccccc3)NC(=O)c3ccccc3)cc2)c1. The van der Waals surface area contributed by atoms with E-state index in [2.05, 4.69) is 16.0 Å². The van der Waals surface area contributed by atoms with Crippen LogP contribution >= 0.6 is 11.8 Å². The van der Waals surface area contributed by atoms with Crippen molar-refractivity contribution in [1.29, 1.82) is 0 Å². The molecular weight excluding hydrogens is 510 g/mol. The highest BCUT2D eigenvalue weighted by Gasteiger charge is 2.15. The maximum Gasteiger partial charge on any atom is 0.272 e. The number of benzene rings is 4. The van der Waals surface area contributed by atoms with Crippen molar-refractivity contribution in [2.24, 2.45) is 0 Å². The maximum atomic E-state index is 13.1. The second kappa shape index (κ2) is 13.6. The van der Waals surface area contributed by atoms with Crippen molar-refractivity contribution in [3.8, 4) is 5.75 Å². The van der Waals surface area contributed by atoms with Crippen molar-refractivity contribution >= 4 is 46.9 Å². The molecule has 0 unspecified atom stereocenters. The number of carbonyl (C=O) groups excluding carboxylic acids is 3. The van der Waals surface area contributed by atoms with E-state index >= 15 is 0 Å². The van der Waals surface area contributed by atoms with Gasteiger partial charge in [-0.25, -0.2) is 0 Å². The summed E-state index contributed by atoms with van der Waals surface area (Å²) in [6, 6.07) is 32.3. The Hall–Kier alpha value is -4.82. The van der Waals surface area contributed by atoms with Crippen LogP contribution in [0.5, 0.6) is 5.75 Å². The van der Waals surface area contributed by atoms with E-state index in [0.717, 1.165) is 10.5 Å². The number of carbonyl (C=O) groups is 3. The van der Waals surface area contributed by atoms with Gasteiger partial charge in [0.25, 0.3) is 11.8 Å². The van der Waals surface area contributed by atoms with Crippen LogP contribution in [0.15, 0.2) is 120 Å². The first-order valence-electron chi connectivity index (χ1n) is 12.1. The molecule has 0 atom stereocenters. The normalized spacial score (nSPS) is 10.8. The van der Waals surface area contributed by atoms with Crippen LogP contribution < -0.4 is 20.7 Å². The Morgan fingerprint density at radius 3 is 2.15 bits per heavy atom. The number of amides is 3. The molecule has 0 spiro atoms. The largest absolute Gasteiger partial charge is 0.497 e. The zero-order valence-corrected chi connectivity index (χ0v) is 22.0. The van der Waals surface area contributed by atoms with Crippen molar-refractivity contribution in [3.05, 3.63) is 126 Å². The third-order valence-corrected chi connectivity index (χ3v) is 6.49. The standard InChI is InChI=1S/C31H27N3O4S/c1-38-26-14-8-13-25(20-26)32-29(35)21-39-27-17-15-24(16-18-27)33-31(37)28(19-22-9-4-2-5-10-22)34-30(36)23-11-6-3-7-12-23/h2-20H,21H2,1H3,(H,32,35)(H,33,37)(H,34,36)/b28-19-. The Morgan fingerprint density at radius 1 is 0.769 bits per heavy atom. The fourth-order valence-corrected chi connectivity index (χ4v) is 4.24. The minimum absolute atomic E-state index is 0.114. The van der Waals surface area contributed by atoms with E-state index in [9.17, 15) is 14.4 Å². The first kappa shape index (κ1) is 27.2. The molecule has 0 aliphatic carbocycles. The van der Waals surface area contributed by atoms with Gasteiger partial charge in [0.2, 0.25) is 5.91 Å². The average Bonchev–Trinajstić information content (AvgIpc) is 2.97. The van der Waals surface area contributed by atoms with E-state index in [1.807, 2.05) is 60.7 Å². The molecule has 8 heteroatoms. The van der Waals surface area contributed by atoms with Gasteiger partial charge in [-0.15, -0.1) is 11.8 Å². The quantitative estimate of drug-likeness (QED) is 0.175. The first-order chi connectivity index (χ1) is 19.0. The molecule has 0 saturated carbocycles. The summed E-state index contributed by atoms with van der Waals surface area (Å²) in [6.45, 7) is 0. The molecule has 3 amide bonds. The van der Waals surface area contributed by atoms with Crippen LogP contribution in [0.2, 0.25) is 0 Å². The minimum Gasteiger partial charge on any atom is -0.497 e. The molecule has 4 aromatic carbocycles. The van der Waals surface area contributed by atoms with Crippen molar-refractivity contribution in [2.75, 3.05) is 23.5 Å². The Labute approximate surface area is 231 Å². The van der Waals surface area contributed by atoms with Crippen LogP contribution in [0, 0.1) is 0 Å². The van der Waals surface area contributed by atoms with Crippen molar-refractivity contribution in [2.45, 2.75) is 4.90 Å². The van der Waals surface area contributed by atoms with Gasteiger partial charge in [0.1, 0.15) is 11.4 Å². The summed E-state index contributed by atoms with van der Waals surface area (Å²) in [5.74, 6) is -0.0960. The predicted octanol–water partition coefficient (Wildman–Crippen LogP) is 5.84. The summed E-state index contributed by atoms with van der Waals surface area (Å²) in [4.78, 5) is 39.1. The molecule has 0 aliphatic rings. The van der Waals surface area contributed by atoms with E-state index < -0.39 is 5.91 Å². The van der Waals surface area contributed by atoms with Gasteiger partial charge in [-0.1, -0.05) is 54.6 Å². The second-order valence-electron chi connectivity index (χ2n) is 8.34. The van der Waals surface area contributed by atoms with Crippen molar-refractivity contribution in [3.63, 3.8) is 0 Å². The number of anilines is 2. The molecule has 0 aromatic heterocycles. The molecule has 4 rings (SSSR count). The van der Waals surface area contributed by atoms with Gasteiger partial charge >= 0.3 is 0 Å². The highest BCUT2D eigenvalue weighted by molar-refractivity contribution is 8.00. The van der Waals surface area contributed by atoms with Crippen LogP contribution in [0.3, 0.4) is 0 Å². The van der Waals surface area contributed by atoms with E-state index in [1.54, 1.807) is 61.7 Å². The van der Waals surface area contributed by atoms with Gasteiger partial charge in [-0.05, 0) is 60.2 Å². The van der Waals surface area contributed by atoms with Crippen LogP contribution in [0.4, 0.5) is 11.4 Å². The van der Waals surface area contributed by atoms with Gasteiger partial charge in [-0.3, -0.25) is 14.4 Å². The number of hydrogen-bond donors (Lipinski definition) is 3.